The third-order valence-electron chi connectivity index (χ3n) is 5.84. The van der Waals surface area contributed by atoms with Crippen LogP contribution in [0.3, 0.4) is 0 Å². The molecule has 3 unspecified atom stereocenters. The van der Waals surface area contributed by atoms with Crippen LogP contribution in [0.2, 0.25) is 0 Å². The number of nitrogens with one attached hydrogen (secondary N) is 1. The van der Waals surface area contributed by atoms with Crippen LogP contribution in [-0.2, 0) is 4.74 Å². The SMILES string of the molecule is CC1CCC(NCCOC2CC(C)CCC2C(C)C)CC1. The Labute approximate surface area is 132 Å². The van der Waals surface area contributed by atoms with Gasteiger partial charge in [0.15, 0.2) is 0 Å². The Balaban J connectivity index is 1.64. The Hall–Kier alpha value is -0.0800. The Morgan fingerprint density at radius 3 is 2.29 bits per heavy atom. The topological polar surface area (TPSA) is 21.3 Å². The molecule has 2 aliphatic carbocycles. The highest BCUT2D eigenvalue weighted by Gasteiger charge is 2.31. The summed E-state index contributed by atoms with van der Waals surface area (Å²) in [5.74, 6) is 3.32. The molecule has 0 aromatic carbocycles. The van der Waals surface area contributed by atoms with E-state index in [2.05, 4.69) is 33.0 Å². The van der Waals surface area contributed by atoms with Crippen LogP contribution in [0.1, 0.15) is 72.6 Å². The zero-order valence-electron chi connectivity index (χ0n) is 14.7. The zero-order chi connectivity index (χ0) is 15.2. The van der Waals surface area contributed by atoms with Crippen LogP contribution >= 0.6 is 0 Å². The van der Waals surface area contributed by atoms with Crippen molar-refractivity contribution >= 4 is 0 Å². The van der Waals surface area contributed by atoms with E-state index in [0.717, 1.165) is 42.9 Å². The van der Waals surface area contributed by atoms with Crippen LogP contribution in [0, 0.1) is 23.7 Å². The third kappa shape index (κ3) is 5.56. The van der Waals surface area contributed by atoms with Crippen molar-refractivity contribution in [1.82, 2.24) is 5.32 Å². The molecule has 0 radical (unpaired) electrons. The van der Waals surface area contributed by atoms with Gasteiger partial charge in [0.1, 0.15) is 0 Å². The van der Waals surface area contributed by atoms with Crippen LogP contribution in [0.15, 0.2) is 0 Å². The fourth-order valence-electron chi connectivity index (χ4n) is 4.24. The van der Waals surface area contributed by atoms with Crippen molar-refractivity contribution in [1.29, 1.82) is 0 Å². The highest BCUT2D eigenvalue weighted by molar-refractivity contribution is 4.81. The molecule has 124 valence electrons. The highest BCUT2D eigenvalue weighted by atomic mass is 16.5. The lowest BCUT2D eigenvalue weighted by Crippen LogP contribution is -2.38. The molecule has 0 aromatic rings. The van der Waals surface area contributed by atoms with E-state index in [-0.39, 0.29) is 0 Å². The maximum Gasteiger partial charge on any atom is 0.0608 e. The molecule has 2 heteroatoms. The van der Waals surface area contributed by atoms with Gasteiger partial charge in [-0.25, -0.2) is 0 Å². The molecule has 2 saturated carbocycles. The Kier molecular flexibility index (Phi) is 7.01. The molecule has 0 aliphatic heterocycles. The Morgan fingerprint density at radius 2 is 1.62 bits per heavy atom. The van der Waals surface area contributed by atoms with Crippen molar-refractivity contribution in [2.45, 2.75) is 84.8 Å². The van der Waals surface area contributed by atoms with Crippen LogP contribution in [0.25, 0.3) is 0 Å². The highest BCUT2D eigenvalue weighted by Crippen LogP contribution is 2.35. The van der Waals surface area contributed by atoms with E-state index < -0.39 is 0 Å². The maximum atomic E-state index is 6.28. The van der Waals surface area contributed by atoms with Gasteiger partial charge in [-0.3, -0.25) is 0 Å². The number of ether oxygens (including phenoxy) is 1. The van der Waals surface area contributed by atoms with Crippen LogP contribution in [0.5, 0.6) is 0 Å². The smallest absolute Gasteiger partial charge is 0.0608 e. The van der Waals surface area contributed by atoms with E-state index >= 15 is 0 Å². The first-order valence-corrected chi connectivity index (χ1v) is 9.41. The van der Waals surface area contributed by atoms with Gasteiger partial charge in [-0.15, -0.1) is 0 Å². The first-order valence-electron chi connectivity index (χ1n) is 9.41. The second-order valence-electron chi connectivity index (χ2n) is 8.15. The lowest BCUT2D eigenvalue weighted by molar-refractivity contribution is -0.0374. The van der Waals surface area contributed by atoms with E-state index in [4.69, 9.17) is 4.74 Å². The molecular weight excluding hydrogens is 258 g/mol. The minimum atomic E-state index is 0.502. The molecule has 0 heterocycles. The first kappa shape index (κ1) is 17.3. The molecule has 2 aliphatic rings. The summed E-state index contributed by atoms with van der Waals surface area (Å²) in [7, 11) is 0. The monoisotopic (exact) mass is 295 g/mol. The number of rotatable bonds is 6. The molecule has 0 saturated heterocycles. The summed E-state index contributed by atoms with van der Waals surface area (Å²) in [6, 6.07) is 0.746. The second kappa shape index (κ2) is 8.53. The Bertz CT molecular complexity index is 283. The fourth-order valence-corrected chi connectivity index (χ4v) is 4.24. The first-order chi connectivity index (χ1) is 10.1. The van der Waals surface area contributed by atoms with Gasteiger partial charge in [-0.1, -0.05) is 34.1 Å². The van der Waals surface area contributed by atoms with Crippen LogP contribution in [0.4, 0.5) is 0 Å². The summed E-state index contributed by atoms with van der Waals surface area (Å²) in [5, 5.41) is 3.71. The molecule has 2 rings (SSSR count). The van der Waals surface area contributed by atoms with Gasteiger partial charge >= 0.3 is 0 Å². The summed E-state index contributed by atoms with van der Waals surface area (Å²) in [6.07, 6.45) is 10.0. The molecule has 2 fully saturated rings. The normalized spacial score (nSPS) is 37.9. The molecule has 3 atom stereocenters. The molecule has 0 aromatic heterocycles. The lowest BCUT2D eigenvalue weighted by Gasteiger charge is -2.37. The molecule has 21 heavy (non-hydrogen) atoms. The van der Waals surface area contributed by atoms with Gasteiger partial charge < -0.3 is 10.1 Å². The largest absolute Gasteiger partial charge is 0.377 e. The molecule has 0 amide bonds. The summed E-state index contributed by atoms with van der Waals surface area (Å²) < 4.78 is 6.28. The van der Waals surface area contributed by atoms with Gasteiger partial charge in [0, 0.05) is 12.6 Å². The minimum absolute atomic E-state index is 0.502. The predicted octanol–water partition coefficient (Wildman–Crippen LogP) is 4.63. The molecule has 2 nitrogen and oxygen atoms in total. The minimum Gasteiger partial charge on any atom is -0.377 e. The van der Waals surface area contributed by atoms with E-state index in [9.17, 15) is 0 Å². The van der Waals surface area contributed by atoms with Crippen molar-refractivity contribution in [3.05, 3.63) is 0 Å². The quantitative estimate of drug-likeness (QED) is 0.721. The van der Waals surface area contributed by atoms with Crippen molar-refractivity contribution in [3.63, 3.8) is 0 Å². The number of hydrogen-bond donors (Lipinski definition) is 1. The summed E-state index contributed by atoms with van der Waals surface area (Å²) >= 11 is 0. The van der Waals surface area contributed by atoms with Gasteiger partial charge in [-0.05, 0) is 62.2 Å². The zero-order valence-corrected chi connectivity index (χ0v) is 14.7. The van der Waals surface area contributed by atoms with Crippen LogP contribution < -0.4 is 5.32 Å². The summed E-state index contributed by atoms with van der Waals surface area (Å²) in [5.41, 5.74) is 0. The molecular formula is C19H37NO. The van der Waals surface area contributed by atoms with E-state index in [0.29, 0.717) is 6.10 Å². The van der Waals surface area contributed by atoms with Gasteiger partial charge in [-0.2, -0.15) is 0 Å². The van der Waals surface area contributed by atoms with Crippen molar-refractivity contribution in [2.75, 3.05) is 13.2 Å². The van der Waals surface area contributed by atoms with E-state index in [1.807, 2.05) is 0 Å². The molecule has 0 bridgehead atoms. The van der Waals surface area contributed by atoms with E-state index in [1.165, 1.54) is 44.9 Å². The predicted molar refractivity (Wildman–Crippen MR) is 90.5 cm³/mol. The van der Waals surface area contributed by atoms with Gasteiger partial charge in [0.05, 0.1) is 12.7 Å². The number of hydrogen-bond acceptors (Lipinski definition) is 2. The fraction of sp³-hybridized carbons (Fsp3) is 1.00. The average Bonchev–Trinajstić information content (AvgIpc) is 2.45. The second-order valence-corrected chi connectivity index (χ2v) is 8.15. The molecule has 1 N–H and O–H groups in total. The Morgan fingerprint density at radius 1 is 0.952 bits per heavy atom. The summed E-state index contributed by atoms with van der Waals surface area (Å²) in [6.45, 7) is 11.4. The van der Waals surface area contributed by atoms with Crippen molar-refractivity contribution in [3.8, 4) is 0 Å². The average molecular weight is 296 g/mol. The van der Waals surface area contributed by atoms with Crippen LogP contribution in [-0.4, -0.2) is 25.3 Å². The van der Waals surface area contributed by atoms with Gasteiger partial charge in [0.2, 0.25) is 0 Å². The third-order valence-corrected chi connectivity index (χ3v) is 5.84. The van der Waals surface area contributed by atoms with Crippen molar-refractivity contribution in [2.24, 2.45) is 23.7 Å². The maximum absolute atomic E-state index is 6.28. The standard InChI is InChI=1S/C19H37NO/c1-14(2)18-10-7-16(4)13-19(18)21-12-11-20-17-8-5-15(3)6-9-17/h14-20H,5-13H2,1-4H3. The van der Waals surface area contributed by atoms with Crippen molar-refractivity contribution < 1.29 is 4.74 Å². The lowest BCUT2D eigenvalue weighted by atomic mass is 9.75. The summed E-state index contributed by atoms with van der Waals surface area (Å²) in [4.78, 5) is 0. The van der Waals surface area contributed by atoms with Gasteiger partial charge in [0.25, 0.3) is 0 Å². The molecule has 0 spiro atoms. The van der Waals surface area contributed by atoms with E-state index in [1.54, 1.807) is 0 Å².